The highest BCUT2D eigenvalue weighted by Gasteiger charge is 2.35. The summed E-state index contributed by atoms with van der Waals surface area (Å²) in [6.45, 7) is 0.140. The van der Waals surface area contributed by atoms with Crippen molar-refractivity contribution >= 4 is 11.5 Å². The van der Waals surface area contributed by atoms with E-state index in [4.69, 9.17) is 4.74 Å². The van der Waals surface area contributed by atoms with Gasteiger partial charge in [0.25, 0.3) is 0 Å². The van der Waals surface area contributed by atoms with Gasteiger partial charge in [0.15, 0.2) is 0 Å². The minimum atomic E-state index is -4.65. The van der Waals surface area contributed by atoms with Crippen molar-refractivity contribution < 1.29 is 27.1 Å². The summed E-state index contributed by atoms with van der Waals surface area (Å²) >= 11 is 0. The number of ether oxygens (including phenoxy) is 1. The van der Waals surface area contributed by atoms with Crippen molar-refractivity contribution in [3.05, 3.63) is 72.1 Å². The quantitative estimate of drug-likeness (QED) is 0.563. The predicted molar refractivity (Wildman–Crippen MR) is 90.0 cm³/mol. The van der Waals surface area contributed by atoms with E-state index in [-0.39, 0.29) is 18.7 Å². The Morgan fingerprint density at radius 1 is 1.08 bits per heavy atom. The monoisotopic (exact) mass is 367 g/mol. The van der Waals surface area contributed by atoms with Gasteiger partial charge in [-0.05, 0) is 29.8 Å². The molecule has 26 heavy (non-hydrogen) atoms. The molecule has 7 heteroatoms. The Balaban J connectivity index is 2.01. The molecule has 0 heterocycles. The number of carbonyl (C=O) groups excluding carboxylic acids is 1. The lowest BCUT2D eigenvalue weighted by Gasteiger charge is -2.18. The van der Waals surface area contributed by atoms with E-state index in [9.17, 15) is 22.4 Å². The SMILES string of the molecule is CN(CCOc1ccc(F)cc1)C(=O)/C=C(/c1ccccc1)C(F)(F)F. The molecule has 3 nitrogen and oxygen atoms in total. The van der Waals surface area contributed by atoms with Crippen LogP contribution in [0.4, 0.5) is 17.6 Å². The number of alkyl halides is 3. The van der Waals surface area contributed by atoms with Crippen LogP contribution < -0.4 is 4.74 Å². The first-order chi connectivity index (χ1) is 12.3. The predicted octanol–water partition coefficient (Wildman–Crippen LogP) is 4.31. The molecule has 0 saturated carbocycles. The molecule has 0 aromatic heterocycles. The lowest BCUT2D eigenvalue weighted by Crippen LogP contribution is -2.30. The smallest absolute Gasteiger partial charge is 0.417 e. The first-order valence-corrected chi connectivity index (χ1v) is 7.75. The van der Waals surface area contributed by atoms with E-state index in [0.717, 1.165) is 4.90 Å². The summed E-state index contributed by atoms with van der Waals surface area (Å²) in [7, 11) is 1.38. The highest BCUT2D eigenvalue weighted by Crippen LogP contribution is 2.33. The minimum absolute atomic E-state index is 0.0639. The first kappa shape index (κ1) is 19.5. The first-order valence-electron chi connectivity index (χ1n) is 7.75. The van der Waals surface area contributed by atoms with E-state index < -0.39 is 23.5 Å². The molecule has 0 radical (unpaired) electrons. The van der Waals surface area contributed by atoms with E-state index in [1.807, 2.05) is 0 Å². The van der Waals surface area contributed by atoms with Crippen LogP contribution in [0, 0.1) is 5.82 Å². The number of hydrogen-bond acceptors (Lipinski definition) is 2. The number of carbonyl (C=O) groups is 1. The molecule has 138 valence electrons. The van der Waals surface area contributed by atoms with Crippen molar-refractivity contribution in [2.24, 2.45) is 0 Å². The van der Waals surface area contributed by atoms with Crippen molar-refractivity contribution in [3.63, 3.8) is 0 Å². The molecule has 0 unspecified atom stereocenters. The molecule has 0 aliphatic carbocycles. The van der Waals surface area contributed by atoms with Gasteiger partial charge in [-0.25, -0.2) is 4.39 Å². The van der Waals surface area contributed by atoms with Gasteiger partial charge in [-0.3, -0.25) is 4.79 Å². The van der Waals surface area contributed by atoms with Crippen molar-refractivity contribution in [1.29, 1.82) is 0 Å². The second-order valence-corrected chi connectivity index (χ2v) is 5.48. The molecular formula is C19H17F4NO2. The van der Waals surface area contributed by atoms with Gasteiger partial charge in [-0.2, -0.15) is 13.2 Å². The molecule has 0 bridgehead atoms. The summed E-state index contributed by atoms with van der Waals surface area (Å²) in [6, 6.07) is 12.4. The highest BCUT2D eigenvalue weighted by molar-refractivity contribution is 5.96. The normalized spacial score (nSPS) is 12.0. The number of halogens is 4. The topological polar surface area (TPSA) is 29.5 Å². The van der Waals surface area contributed by atoms with Crippen LogP contribution in [-0.4, -0.2) is 37.2 Å². The Labute approximate surface area is 148 Å². The third-order valence-corrected chi connectivity index (χ3v) is 3.54. The summed E-state index contributed by atoms with van der Waals surface area (Å²) in [6.07, 6.45) is -4.07. The molecule has 0 spiro atoms. The number of rotatable bonds is 6. The lowest BCUT2D eigenvalue weighted by atomic mass is 10.0. The second kappa shape index (κ2) is 8.51. The van der Waals surface area contributed by atoms with Crippen LogP contribution in [0.2, 0.25) is 0 Å². The zero-order valence-electron chi connectivity index (χ0n) is 14.0. The molecule has 0 saturated heterocycles. The Morgan fingerprint density at radius 2 is 1.69 bits per heavy atom. The zero-order valence-corrected chi connectivity index (χ0v) is 14.0. The van der Waals surface area contributed by atoms with Crippen LogP contribution in [0.25, 0.3) is 5.57 Å². The van der Waals surface area contributed by atoms with E-state index >= 15 is 0 Å². The van der Waals surface area contributed by atoms with E-state index in [1.165, 1.54) is 55.6 Å². The fourth-order valence-electron chi connectivity index (χ4n) is 2.12. The average molecular weight is 367 g/mol. The zero-order chi connectivity index (χ0) is 19.2. The van der Waals surface area contributed by atoms with Gasteiger partial charge < -0.3 is 9.64 Å². The summed E-state index contributed by atoms with van der Waals surface area (Å²) in [4.78, 5) is 13.2. The largest absolute Gasteiger partial charge is 0.492 e. The average Bonchev–Trinajstić information content (AvgIpc) is 2.60. The van der Waals surface area contributed by atoms with E-state index in [2.05, 4.69) is 0 Å². The van der Waals surface area contributed by atoms with Crippen molar-refractivity contribution in [2.75, 3.05) is 20.2 Å². The maximum absolute atomic E-state index is 13.2. The van der Waals surface area contributed by atoms with Gasteiger partial charge in [0, 0.05) is 13.1 Å². The van der Waals surface area contributed by atoms with Crippen LogP contribution >= 0.6 is 0 Å². The maximum Gasteiger partial charge on any atom is 0.417 e. The highest BCUT2D eigenvalue weighted by atomic mass is 19.4. The second-order valence-electron chi connectivity index (χ2n) is 5.48. The number of amides is 1. The molecule has 0 aliphatic rings. The lowest BCUT2D eigenvalue weighted by molar-refractivity contribution is -0.125. The van der Waals surface area contributed by atoms with Gasteiger partial charge in [-0.15, -0.1) is 0 Å². The summed E-state index contributed by atoms with van der Waals surface area (Å²) in [5, 5.41) is 0. The van der Waals surface area contributed by atoms with Gasteiger partial charge in [0.1, 0.15) is 18.2 Å². The van der Waals surface area contributed by atoms with Crippen LogP contribution in [0.3, 0.4) is 0 Å². The van der Waals surface area contributed by atoms with Gasteiger partial charge in [0.05, 0.1) is 12.1 Å². The molecule has 2 aromatic carbocycles. The fraction of sp³-hybridized carbons (Fsp3) is 0.211. The van der Waals surface area contributed by atoms with Gasteiger partial charge >= 0.3 is 6.18 Å². The van der Waals surface area contributed by atoms with Crippen molar-refractivity contribution in [2.45, 2.75) is 6.18 Å². The third kappa shape index (κ3) is 5.61. The van der Waals surface area contributed by atoms with E-state index in [1.54, 1.807) is 6.07 Å². The van der Waals surface area contributed by atoms with Crippen LogP contribution in [0.15, 0.2) is 60.7 Å². The van der Waals surface area contributed by atoms with E-state index in [0.29, 0.717) is 11.8 Å². The third-order valence-electron chi connectivity index (χ3n) is 3.54. The van der Waals surface area contributed by atoms with Crippen LogP contribution in [0.5, 0.6) is 5.75 Å². The maximum atomic E-state index is 13.2. The summed E-state index contributed by atoms with van der Waals surface area (Å²) in [5.41, 5.74) is -1.08. The summed E-state index contributed by atoms with van der Waals surface area (Å²) < 4.78 is 57.9. The Bertz CT molecular complexity index is 755. The molecule has 0 fully saturated rings. The minimum Gasteiger partial charge on any atom is -0.492 e. The van der Waals surface area contributed by atoms with Crippen molar-refractivity contribution in [1.82, 2.24) is 4.90 Å². The molecule has 2 aromatic rings. The molecule has 0 aliphatic heterocycles. The summed E-state index contributed by atoms with van der Waals surface area (Å²) in [5.74, 6) is -0.790. The number of hydrogen-bond donors (Lipinski definition) is 0. The molecule has 1 amide bonds. The van der Waals surface area contributed by atoms with Crippen LogP contribution in [0.1, 0.15) is 5.56 Å². The fourth-order valence-corrected chi connectivity index (χ4v) is 2.12. The Kier molecular flexibility index (Phi) is 6.38. The Morgan fingerprint density at radius 3 is 2.27 bits per heavy atom. The molecule has 0 atom stereocenters. The van der Waals surface area contributed by atoms with Crippen molar-refractivity contribution in [3.8, 4) is 5.75 Å². The van der Waals surface area contributed by atoms with Gasteiger partial charge in [-0.1, -0.05) is 30.3 Å². The Hall–Kier alpha value is -2.83. The standard InChI is InChI=1S/C19H17F4NO2/c1-24(11-12-26-16-9-7-15(20)8-10-16)18(25)13-17(19(21,22)23)14-5-3-2-4-6-14/h2-10,13H,11-12H2,1H3/b17-13-. The number of likely N-dealkylation sites (N-methyl/N-ethyl adjacent to an activating group) is 1. The number of nitrogens with zero attached hydrogens (tertiary/aromatic N) is 1. The number of benzene rings is 2. The molecule has 2 rings (SSSR count). The van der Waals surface area contributed by atoms with Crippen LogP contribution in [-0.2, 0) is 4.79 Å². The number of allylic oxidation sites excluding steroid dienone is 1. The molecular weight excluding hydrogens is 350 g/mol. The molecule has 0 N–H and O–H groups in total. The van der Waals surface area contributed by atoms with Gasteiger partial charge in [0.2, 0.25) is 5.91 Å².